The molecule has 52 heavy (non-hydrogen) atoms. The average molecular weight is 731 g/mol. The standard InChI is InChI=1S/C42H58N4O5S/c1-28-24-31(10-13-33(28)50-7)42-18-15-41(16-19-42,17-20-42)27-46(35-25-30(14-22-43-35)34-26-45-37(52-34)39(2,3)4)36(47)29-8-11-32(12-9-29)51-38(48)44-23-21-40(5,6)49/h10,13-14,22,24-26,29,32,49H,8-9,11-12,15-21,23,27H2,1-7H3,(H,44,48)/t29-,32-,41?,42?. The molecule has 4 fully saturated rings. The van der Waals surface area contributed by atoms with Crippen molar-refractivity contribution in [3.05, 3.63) is 58.9 Å². The summed E-state index contributed by atoms with van der Waals surface area (Å²) in [6, 6.07) is 10.8. The second-order valence-electron chi connectivity index (χ2n) is 17.4. The smallest absolute Gasteiger partial charge is 0.407 e. The Morgan fingerprint density at radius 1 is 0.981 bits per heavy atom. The summed E-state index contributed by atoms with van der Waals surface area (Å²) in [7, 11) is 1.73. The maximum absolute atomic E-state index is 14.7. The predicted molar refractivity (Wildman–Crippen MR) is 207 cm³/mol. The topological polar surface area (TPSA) is 114 Å². The summed E-state index contributed by atoms with van der Waals surface area (Å²) in [6.45, 7) is 13.1. The minimum Gasteiger partial charge on any atom is -0.496 e. The zero-order valence-corrected chi connectivity index (χ0v) is 33.0. The predicted octanol–water partition coefficient (Wildman–Crippen LogP) is 8.89. The third kappa shape index (κ3) is 8.65. The van der Waals surface area contributed by atoms with Gasteiger partial charge in [0.15, 0.2) is 0 Å². The molecule has 3 aromatic rings. The van der Waals surface area contributed by atoms with Crippen LogP contribution in [0.15, 0.2) is 42.7 Å². The van der Waals surface area contributed by atoms with Gasteiger partial charge in [0.05, 0.1) is 22.6 Å². The van der Waals surface area contributed by atoms with Gasteiger partial charge in [0.25, 0.3) is 0 Å². The lowest BCUT2D eigenvalue weighted by Gasteiger charge is -2.55. The molecule has 2 heterocycles. The van der Waals surface area contributed by atoms with Crippen molar-refractivity contribution in [2.75, 3.05) is 25.1 Å². The van der Waals surface area contributed by atoms with E-state index in [-0.39, 0.29) is 34.2 Å². The molecule has 2 aromatic heterocycles. The van der Waals surface area contributed by atoms with Gasteiger partial charge in [0.2, 0.25) is 5.91 Å². The van der Waals surface area contributed by atoms with Crippen molar-refractivity contribution >= 4 is 29.2 Å². The molecule has 282 valence electrons. The summed E-state index contributed by atoms with van der Waals surface area (Å²) in [4.78, 5) is 39.8. The number of carbonyl (C=O) groups is 2. The fourth-order valence-electron chi connectivity index (χ4n) is 8.53. The number of methoxy groups -OCH3 is 1. The number of fused-ring (bicyclic) bond motifs is 3. The number of nitrogens with zero attached hydrogens (tertiary/aromatic N) is 3. The Hall–Kier alpha value is -3.50. The van der Waals surface area contributed by atoms with Gasteiger partial charge in [0, 0.05) is 36.8 Å². The monoisotopic (exact) mass is 730 g/mol. The number of benzene rings is 1. The summed E-state index contributed by atoms with van der Waals surface area (Å²) in [5, 5.41) is 13.8. The van der Waals surface area contributed by atoms with Crippen molar-refractivity contribution in [1.82, 2.24) is 15.3 Å². The summed E-state index contributed by atoms with van der Waals surface area (Å²) >= 11 is 1.70. The molecule has 9 nitrogen and oxygen atoms in total. The normalized spacial score (nSPS) is 24.7. The lowest BCUT2D eigenvalue weighted by molar-refractivity contribution is -0.124. The Morgan fingerprint density at radius 2 is 1.67 bits per heavy atom. The molecule has 0 atom stereocenters. The van der Waals surface area contributed by atoms with Crippen LogP contribution < -0.4 is 15.0 Å². The van der Waals surface area contributed by atoms with Crippen LogP contribution in [0.3, 0.4) is 0 Å². The van der Waals surface area contributed by atoms with Crippen molar-refractivity contribution in [1.29, 1.82) is 0 Å². The van der Waals surface area contributed by atoms with Gasteiger partial charge in [0.1, 0.15) is 17.7 Å². The van der Waals surface area contributed by atoms with E-state index in [4.69, 9.17) is 19.4 Å². The second kappa shape index (κ2) is 15.1. The molecular weight excluding hydrogens is 673 g/mol. The number of alkyl carbamates (subject to hydrolysis) is 1. The van der Waals surface area contributed by atoms with Crippen molar-refractivity contribution < 1.29 is 24.2 Å². The fraction of sp³-hybridized carbons (Fsp3) is 0.619. The van der Waals surface area contributed by atoms with Gasteiger partial charge in [-0.1, -0.05) is 32.9 Å². The van der Waals surface area contributed by atoms with E-state index >= 15 is 0 Å². The molecule has 7 rings (SSSR count). The Morgan fingerprint density at radius 3 is 2.27 bits per heavy atom. The first-order valence-corrected chi connectivity index (χ1v) is 20.0. The third-order valence-corrected chi connectivity index (χ3v) is 13.4. The number of rotatable bonds is 11. The minimum atomic E-state index is -0.852. The molecular formula is C42H58N4O5S. The number of aliphatic hydroxyl groups is 1. The van der Waals surface area contributed by atoms with Crippen LogP contribution in [0.25, 0.3) is 10.4 Å². The van der Waals surface area contributed by atoms with Crippen LogP contribution in [0.4, 0.5) is 10.6 Å². The number of aromatic nitrogens is 2. The molecule has 0 spiro atoms. The first kappa shape index (κ1) is 38.2. The number of anilines is 1. The first-order chi connectivity index (χ1) is 24.6. The van der Waals surface area contributed by atoms with Crippen molar-refractivity contribution in [2.24, 2.45) is 11.3 Å². The largest absolute Gasteiger partial charge is 0.496 e. The molecule has 2 amide bonds. The fourth-order valence-corrected chi connectivity index (χ4v) is 9.50. The van der Waals surface area contributed by atoms with Gasteiger partial charge in [-0.15, -0.1) is 11.3 Å². The Balaban J connectivity index is 1.19. The van der Waals surface area contributed by atoms with E-state index in [2.05, 4.69) is 57.3 Å². The van der Waals surface area contributed by atoms with Gasteiger partial charge in [-0.25, -0.2) is 14.8 Å². The molecule has 1 aromatic carbocycles. The van der Waals surface area contributed by atoms with Crippen LogP contribution in [-0.2, 0) is 20.4 Å². The van der Waals surface area contributed by atoms with Crippen LogP contribution in [0.2, 0.25) is 0 Å². The molecule has 10 heteroatoms. The lowest BCUT2D eigenvalue weighted by atomic mass is 9.51. The number of amides is 2. The van der Waals surface area contributed by atoms with Crippen LogP contribution >= 0.6 is 11.3 Å². The van der Waals surface area contributed by atoms with Gasteiger partial charge in [-0.05, 0) is 137 Å². The highest BCUT2D eigenvalue weighted by Gasteiger charge is 2.51. The zero-order valence-electron chi connectivity index (χ0n) is 32.2. The Bertz CT molecular complexity index is 1710. The minimum absolute atomic E-state index is 0.0405. The number of ether oxygens (including phenoxy) is 2. The molecule has 0 radical (unpaired) electrons. The quantitative estimate of drug-likeness (QED) is 0.203. The van der Waals surface area contributed by atoms with E-state index in [0.717, 1.165) is 59.7 Å². The molecule has 0 aliphatic heterocycles. The number of pyridine rings is 1. The number of hydrogen-bond donors (Lipinski definition) is 2. The van der Waals surface area contributed by atoms with E-state index in [1.807, 2.05) is 23.4 Å². The van der Waals surface area contributed by atoms with Gasteiger partial charge < -0.3 is 19.9 Å². The van der Waals surface area contributed by atoms with Crippen LogP contribution in [0.5, 0.6) is 5.75 Å². The Kier molecular flexibility index (Phi) is 11.1. The average Bonchev–Trinajstić information content (AvgIpc) is 3.63. The highest BCUT2D eigenvalue weighted by molar-refractivity contribution is 7.15. The molecule has 2 bridgehead atoms. The molecule has 4 aliphatic carbocycles. The van der Waals surface area contributed by atoms with Crippen LogP contribution in [-0.4, -0.2) is 59.0 Å². The van der Waals surface area contributed by atoms with E-state index in [1.165, 1.54) is 11.1 Å². The van der Waals surface area contributed by atoms with Crippen molar-refractivity contribution in [3.63, 3.8) is 0 Å². The maximum Gasteiger partial charge on any atom is 0.407 e. The van der Waals surface area contributed by atoms with Gasteiger partial charge in [-0.3, -0.25) is 9.69 Å². The molecule has 4 saturated carbocycles. The summed E-state index contributed by atoms with van der Waals surface area (Å²) in [5.74, 6) is 1.61. The van der Waals surface area contributed by atoms with Crippen molar-refractivity contribution in [3.8, 4) is 16.2 Å². The van der Waals surface area contributed by atoms with Crippen LogP contribution in [0, 0.1) is 18.3 Å². The molecule has 4 aliphatic rings. The van der Waals surface area contributed by atoms with Gasteiger partial charge >= 0.3 is 6.09 Å². The number of nitrogens with one attached hydrogen (secondary N) is 1. The highest BCUT2D eigenvalue weighted by Crippen LogP contribution is 2.58. The summed E-state index contributed by atoms with van der Waals surface area (Å²) < 4.78 is 11.3. The zero-order chi connectivity index (χ0) is 37.3. The highest BCUT2D eigenvalue weighted by atomic mass is 32.1. The van der Waals surface area contributed by atoms with E-state index in [0.29, 0.717) is 51.0 Å². The third-order valence-electron chi connectivity index (χ3n) is 11.9. The number of thiazole rings is 1. The SMILES string of the molecule is COc1ccc(C23CCC(CN(c4cc(-c5cnc(C(C)(C)C)s5)ccn4)C(=O)[C@H]4CC[C@H](OC(=O)NCCC(C)(C)O)CC4)(CC2)CC3)cc1C. The number of aryl methyl sites for hydroxylation is 1. The number of hydrogen-bond acceptors (Lipinski definition) is 8. The summed E-state index contributed by atoms with van der Waals surface area (Å²) in [5.41, 5.74) is 2.97. The molecule has 0 unspecified atom stereocenters. The van der Waals surface area contributed by atoms with Gasteiger partial charge in [-0.2, -0.15) is 0 Å². The Labute approximate surface area is 313 Å². The van der Waals surface area contributed by atoms with E-state index in [9.17, 15) is 14.7 Å². The summed E-state index contributed by atoms with van der Waals surface area (Å²) in [6.07, 6.45) is 12.7. The lowest BCUT2D eigenvalue weighted by Crippen LogP contribution is -2.52. The second-order valence-corrected chi connectivity index (χ2v) is 18.5. The van der Waals surface area contributed by atoms with Crippen molar-refractivity contribution in [2.45, 2.75) is 135 Å². The molecule has 2 N–H and O–H groups in total. The number of carbonyl (C=O) groups excluding carboxylic acids is 2. The molecule has 0 saturated heterocycles. The van der Waals surface area contributed by atoms with E-state index < -0.39 is 11.7 Å². The van der Waals surface area contributed by atoms with E-state index in [1.54, 1.807) is 32.3 Å². The first-order valence-electron chi connectivity index (χ1n) is 19.1. The maximum atomic E-state index is 14.7. The van der Waals surface area contributed by atoms with Crippen LogP contribution in [0.1, 0.15) is 121 Å².